The Bertz CT molecular complexity index is 1080. The van der Waals surface area contributed by atoms with Crippen LogP contribution in [0.5, 0.6) is 0 Å². The zero-order valence-electron chi connectivity index (χ0n) is 12.3. The summed E-state index contributed by atoms with van der Waals surface area (Å²) < 4.78 is 1.35. The molecule has 2 aromatic heterocycles. The van der Waals surface area contributed by atoms with E-state index in [1.54, 1.807) is 18.3 Å². The van der Waals surface area contributed by atoms with E-state index >= 15 is 0 Å². The number of hydrogen-bond acceptors (Lipinski definition) is 2. The normalized spacial score (nSPS) is 11.1. The van der Waals surface area contributed by atoms with Crippen molar-refractivity contribution in [3.8, 4) is 22.4 Å². The van der Waals surface area contributed by atoms with Crippen LogP contribution in [0.2, 0.25) is 10.0 Å². The summed E-state index contributed by atoms with van der Waals surface area (Å²) in [6, 6.07) is 16.2. The van der Waals surface area contributed by atoms with Gasteiger partial charge in [0.05, 0.1) is 11.9 Å². The fourth-order valence-electron chi connectivity index (χ4n) is 2.61. The molecule has 0 aliphatic heterocycles. The molecule has 0 amide bonds. The van der Waals surface area contributed by atoms with Gasteiger partial charge >= 0.3 is 0 Å². The number of hydrogen-bond donors (Lipinski definition) is 1. The Morgan fingerprint density at radius 3 is 2.08 bits per heavy atom. The lowest BCUT2D eigenvalue weighted by Crippen LogP contribution is -2.14. The largest absolute Gasteiger partial charge is 0.339 e. The van der Waals surface area contributed by atoms with Crippen LogP contribution >= 0.6 is 23.2 Å². The highest BCUT2D eigenvalue weighted by molar-refractivity contribution is 6.30. The van der Waals surface area contributed by atoms with Gasteiger partial charge in [-0.1, -0.05) is 47.5 Å². The van der Waals surface area contributed by atoms with E-state index in [-0.39, 0.29) is 5.56 Å². The summed E-state index contributed by atoms with van der Waals surface area (Å²) in [7, 11) is 0. The van der Waals surface area contributed by atoms with Crippen LogP contribution in [-0.4, -0.2) is 14.6 Å². The third-order valence-electron chi connectivity index (χ3n) is 3.81. The van der Waals surface area contributed by atoms with Gasteiger partial charge in [0.15, 0.2) is 0 Å². The molecule has 0 bridgehead atoms. The van der Waals surface area contributed by atoms with Crippen molar-refractivity contribution in [2.24, 2.45) is 0 Å². The number of H-pyrrole nitrogens is 1. The van der Waals surface area contributed by atoms with Crippen LogP contribution in [0.3, 0.4) is 0 Å². The molecule has 0 aliphatic carbocycles. The second-order valence-electron chi connectivity index (χ2n) is 5.35. The maximum atomic E-state index is 12.4. The number of nitrogens with zero attached hydrogens (tertiary/aromatic N) is 2. The van der Waals surface area contributed by atoms with Crippen LogP contribution in [-0.2, 0) is 0 Å². The van der Waals surface area contributed by atoms with Crippen LogP contribution in [0.25, 0.3) is 28.0 Å². The Morgan fingerprint density at radius 2 is 1.46 bits per heavy atom. The molecule has 118 valence electrons. The average Bonchev–Trinajstić information content (AvgIpc) is 3.01. The molecule has 2 heterocycles. The van der Waals surface area contributed by atoms with E-state index < -0.39 is 0 Å². The fourth-order valence-corrected chi connectivity index (χ4v) is 2.86. The molecule has 0 unspecified atom stereocenters. The summed E-state index contributed by atoms with van der Waals surface area (Å²) in [5.41, 5.74) is 3.78. The number of fused-ring (bicyclic) bond motifs is 1. The molecule has 0 aliphatic rings. The average molecular weight is 356 g/mol. The van der Waals surface area contributed by atoms with Crippen molar-refractivity contribution >= 4 is 28.8 Å². The number of benzene rings is 2. The van der Waals surface area contributed by atoms with Gasteiger partial charge in [-0.2, -0.15) is 9.61 Å². The van der Waals surface area contributed by atoms with Crippen LogP contribution in [0, 0.1) is 0 Å². The molecule has 6 heteroatoms. The standard InChI is InChI=1S/C18H11Cl2N3O/c19-13-5-1-11(2-6-13)15-10-21-23-17(24)9-16(22-18(15)23)12-3-7-14(20)8-4-12/h1-10,22H. The molecule has 1 N–H and O–H groups in total. The first-order chi connectivity index (χ1) is 11.6. The van der Waals surface area contributed by atoms with Gasteiger partial charge in [-0.3, -0.25) is 4.79 Å². The number of rotatable bonds is 2. The summed E-state index contributed by atoms with van der Waals surface area (Å²) in [5, 5.41) is 5.49. The van der Waals surface area contributed by atoms with E-state index in [1.165, 1.54) is 10.6 Å². The Balaban J connectivity index is 1.93. The molecule has 24 heavy (non-hydrogen) atoms. The van der Waals surface area contributed by atoms with Crippen molar-refractivity contribution < 1.29 is 0 Å². The highest BCUT2D eigenvalue weighted by Gasteiger charge is 2.11. The van der Waals surface area contributed by atoms with E-state index in [4.69, 9.17) is 23.2 Å². The van der Waals surface area contributed by atoms with Crippen LogP contribution < -0.4 is 5.56 Å². The Labute approximate surface area is 147 Å². The predicted octanol–water partition coefficient (Wildman–Crippen LogP) is 4.66. The van der Waals surface area contributed by atoms with Gasteiger partial charge < -0.3 is 4.98 Å². The SMILES string of the molecule is O=c1cc(-c2ccc(Cl)cc2)[nH]c2c(-c3ccc(Cl)cc3)cnn12. The number of aromatic amines is 1. The first-order valence-corrected chi connectivity index (χ1v) is 8.00. The smallest absolute Gasteiger partial charge is 0.274 e. The molecule has 4 nitrogen and oxygen atoms in total. The van der Waals surface area contributed by atoms with Gasteiger partial charge in [0.2, 0.25) is 0 Å². The van der Waals surface area contributed by atoms with Gasteiger partial charge in [0, 0.05) is 21.7 Å². The van der Waals surface area contributed by atoms with Crippen molar-refractivity contribution in [3.63, 3.8) is 0 Å². The molecular formula is C18H11Cl2N3O. The second-order valence-corrected chi connectivity index (χ2v) is 6.23. The molecule has 0 spiro atoms. The van der Waals surface area contributed by atoms with E-state index in [2.05, 4.69) is 10.1 Å². The zero-order chi connectivity index (χ0) is 16.7. The van der Waals surface area contributed by atoms with Gasteiger partial charge in [0.25, 0.3) is 5.56 Å². The fraction of sp³-hybridized carbons (Fsp3) is 0. The Morgan fingerprint density at radius 1 is 0.875 bits per heavy atom. The molecule has 4 rings (SSSR count). The summed E-state index contributed by atoms with van der Waals surface area (Å²) in [6.07, 6.45) is 1.67. The van der Waals surface area contributed by atoms with Crippen molar-refractivity contribution in [1.82, 2.24) is 14.6 Å². The summed E-state index contributed by atoms with van der Waals surface area (Å²) in [6.45, 7) is 0. The van der Waals surface area contributed by atoms with Crippen molar-refractivity contribution in [1.29, 1.82) is 0 Å². The van der Waals surface area contributed by atoms with Gasteiger partial charge in [-0.25, -0.2) is 0 Å². The van der Waals surface area contributed by atoms with Crippen LogP contribution in [0.15, 0.2) is 65.6 Å². The second kappa shape index (κ2) is 5.82. The summed E-state index contributed by atoms with van der Waals surface area (Å²) in [5.74, 6) is 0. The lowest BCUT2D eigenvalue weighted by Gasteiger charge is -2.05. The predicted molar refractivity (Wildman–Crippen MR) is 96.7 cm³/mol. The molecule has 0 atom stereocenters. The highest BCUT2D eigenvalue weighted by Crippen LogP contribution is 2.26. The van der Waals surface area contributed by atoms with Crippen molar-refractivity contribution in [2.75, 3.05) is 0 Å². The molecule has 0 saturated heterocycles. The first kappa shape index (κ1) is 15.0. The molecule has 2 aromatic carbocycles. The van der Waals surface area contributed by atoms with E-state index in [9.17, 15) is 4.79 Å². The van der Waals surface area contributed by atoms with E-state index in [0.717, 1.165) is 16.7 Å². The van der Waals surface area contributed by atoms with Gasteiger partial charge in [-0.15, -0.1) is 0 Å². The van der Waals surface area contributed by atoms with Gasteiger partial charge in [-0.05, 0) is 35.4 Å². The van der Waals surface area contributed by atoms with Crippen LogP contribution in [0.4, 0.5) is 0 Å². The molecule has 0 saturated carbocycles. The van der Waals surface area contributed by atoms with E-state index in [1.807, 2.05) is 36.4 Å². The molecule has 4 aromatic rings. The topological polar surface area (TPSA) is 50.2 Å². The first-order valence-electron chi connectivity index (χ1n) is 7.25. The minimum absolute atomic E-state index is 0.200. The third kappa shape index (κ3) is 2.60. The number of aromatic nitrogens is 3. The number of nitrogens with one attached hydrogen (secondary N) is 1. The molecule has 0 fully saturated rings. The lowest BCUT2D eigenvalue weighted by atomic mass is 10.1. The third-order valence-corrected chi connectivity index (χ3v) is 4.31. The molecule has 0 radical (unpaired) electrons. The minimum atomic E-state index is -0.200. The summed E-state index contributed by atoms with van der Waals surface area (Å²) in [4.78, 5) is 15.7. The Hall–Kier alpha value is -2.56. The maximum Gasteiger partial charge on any atom is 0.274 e. The quantitative estimate of drug-likeness (QED) is 0.568. The van der Waals surface area contributed by atoms with Gasteiger partial charge in [0.1, 0.15) is 5.65 Å². The zero-order valence-corrected chi connectivity index (χ0v) is 13.8. The van der Waals surface area contributed by atoms with Crippen molar-refractivity contribution in [2.45, 2.75) is 0 Å². The maximum absolute atomic E-state index is 12.4. The van der Waals surface area contributed by atoms with Crippen molar-refractivity contribution in [3.05, 3.63) is 81.2 Å². The minimum Gasteiger partial charge on any atom is -0.339 e. The van der Waals surface area contributed by atoms with Crippen LogP contribution in [0.1, 0.15) is 0 Å². The Kier molecular flexibility index (Phi) is 3.63. The highest BCUT2D eigenvalue weighted by atomic mass is 35.5. The lowest BCUT2D eigenvalue weighted by molar-refractivity contribution is 0.901. The number of halogens is 2. The monoisotopic (exact) mass is 355 g/mol. The summed E-state index contributed by atoms with van der Waals surface area (Å²) >= 11 is 11.9. The molecular weight excluding hydrogens is 345 g/mol. The van der Waals surface area contributed by atoms with E-state index in [0.29, 0.717) is 21.4 Å².